The Hall–Kier alpha value is -1.79. The summed E-state index contributed by atoms with van der Waals surface area (Å²) in [6.45, 7) is 4.46. The van der Waals surface area contributed by atoms with Crippen molar-refractivity contribution in [1.82, 2.24) is 20.0 Å². The molecular formula is C16H20N4O2. The summed E-state index contributed by atoms with van der Waals surface area (Å²) in [7, 11) is 0. The van der Waals surface area contributed by atoms with Crippen molar-refractivity contribution in [1.29, 1.82) is 0 Å². The lowest BCUT2D eigenvalue weighted by Gasteiger charge is -2.39. The van der Waals surface area contributed by atoms with Crippen molar-refractivity contribution in [3.05, 3.63) is 41.8 Å². The molecule has 116 valence electrons. The number of hydrogen-bond acceptors (Lipinski definition) is 6. The third-order valence-electron chi connectivity index (χ3n) is 4.60. The van der Waals surface area contributed by atoms with Gasteiger partial charge in [0.25, 0.3) is 0 Å². The molecule has 6 nitrogen and oxygen atoms in total. The first-order valence-corrected chi connectivity index (χ1v) is 7.85. The van der Waals surface area contributed by atoms with Crippen molar-refractivity contribution in [3.8, 4) is 0 Å². The van der Waals surface area contributed by atoms with Crippen LogP contribution in [0.4, 0.5) is 0 Å². The first-order valence-electron chi connectivity index (χ1n) is 7.85. The van der Waals surface area contributed by atoms with E-state index >= 15 is 0 Å². The van der Waals surface area contributed by atoms with Gasteiger partial charge in [-0.2, -0.15) is 4.98 Å². The van der Waals surface area contributed by atoms with Crippen molar-refractivity contribution in [2.24, 2.45) is 0 Å². The zero-order valence-electron chi connectivity index (χ0n) is 12.7. The number of ether oxygens (including phenoxy) is 1. The SMILES string of the molecule is Cc1noc([C@@H]2C[C@@H]3OCC[C@@H]3N(Cc3ccccn3)C2)n1. The number of pyridine rings is 1. The first kappa shape index (κ1) is 13.8. The second-order valence-corrected chi connectivity index (χ2v) is 6.13. The molecule has 22 heavy (non-hydrogen) atoms. The fourth-order valence-electron chi connectivity index (χ4n) is 3.59. The zero-order valence-corrected chi connectivity index (χ0v) is 12.7. The minimum Gasteiger partial charge on any atom is -0.377 e. The summed E-state index contributed by atoms with van der Waals surface area (Å²) < 4.78 is 11.3. The van der Waals surface area contributed by atoms with Crippen molar-refractivity contribution >= 4 is 0 Å². The maximum Gasteiger partial charge on any atom is 0.231 e. The summed E-state index contributed by atoms with van der Waals surface area (Å²) in [5.74, 6) is 1.67. The molecule has 2 saturated heterocycles. The average Bonchev–Trinajstić information content (AvgIpc) is 3.17. The Bertz CT molecular complexity index is 630. The normalized spacial score (nSPS) is 28.7. The molecule has 2 aromatic rings. The summed E-state index contributed by atoms with van der Waals surface area (Å²) in [5.41, 5.74) is 1.09. The van der Waals surface area contributed by atoms with Gasteiger partial charge in [-0.25, -0.2) is 0 Å². The highest BCUT2D eigenvalue weighted by Gasteiger charge is 2.42. The highest BCUT2D eigenvalue weighted by molar-refractivity contribution is 5.07. The number of fused-ring (bicyclic) bond motifs is 1. The Morgan fingerprint density at radius 2 is 2.32 bits per heavy atom. The molecule has 3 atom stereocenters. The van der Waals surface area contributed by atoms with Gasteiger partial charge in [0.2, 0.25) is 5.89 Å². The minimum atomic E-state index is 0.240. The van der Waals surface area contributed by atoms with Gasteiger partial charge >= 0.3 is 0 Å². The van der Waals surface area contributed by atoms with Crippen LogP contribution in [0.2, 0.25) is 0 Å². The average molecular weight is 300 g/mol. The van der Waals surface area contributed by atoms with Crippen LogP contribution in [0.3, 0.4) is 0 Å². The number of likely N-dealkylation sites (tertiary alicyclic amines) is 1. The summed E-state index contributed by atoms with van der Waals surface area (Å²) in [4.78, 5) is 11.3. The minimum absolute atomic E-state index is 0.240. The van der Waals surface area contributed by atoms with Crippen molar-refractivity contribution < 1.29 is 9.26 Å². The molecule has 2 aromatic heterocycles. The van der Waals surface area contributed by atoms with Crippen LogP contribution in [0, 0.1) is 6.92 Å². The standard InChI is InChI=1S/C16H20N4O2/c1-11-18-16(22-19-11)12-8-15-14(5-7-21-15)20(9-12)10-13-4-2-3-6-17-13/h2-4,6,12,14-15H,5,7-10H2,1H3/t12-,14+,15+/m1/s1. The Balaban J connectivity index is 1.55. The number of aromatic nitrogens is 3. The molecule has 0 radical (unpaired) electrons. The molecule has 4 heterocycles. The molecule has 0 unspecified atom stereocenters. The molecule has 2 fully saturated rings. The lowest BCUT2D eigenvalue weighted by Crippen LogP contribution is -2.48. The maximum atomic E-state index is 5.93. The molecule has 2 aliphatic rings. The van der Waals surface area contributed by atoms with Crippen LogP contribution < -0.4 is 0 Å². The van der Waals surface area contributed by atoms with Gasteiger partial charge in [-0.1, -0.05) is 11.2 Å². The smallest absolute Gasteiger partial charge is 0.231 e. The number of rotatable bonds is 3. The number of aryl methyl sites for hydroxylation is 1. The molecule has 0 N–H and O–H groups in total. The van der Waals surface area contributed by atoms with Gasteiger partial charge in [-0.05, 0) is 31.9 Å². The first-order chi connectivity index (χ1) is 10.8. The van der Waals surface area contributed by atoms with E-state index in [0.717, 1.165) is 44.1 Å². The third-order valence-corrected chi connectivity index (χ3v) is 4.60. The van der Waals surface area contributed by atoms with E-state index in [1.54, 1.807) is 0 Å². The predicted molar refractivity (Wildman–Crippen MR) is 79.2 cm³/mol. The second kappa shape index (κ2) is 5.78. The number of piperidine rings is 1. The topological polar surface area (TPSA) is 64.3 Å². The highest BCUT2D eigenvalue weighted by Crippen LogP contribution is 2.36. The molecular weight excluding hydrogens is 280 g/mol. The zero-order chi connectivity index (χ0) is 14.9. The van der Waals surface area contributed by atoms with Crippen molar-refractivity contribution in [2.45, 2.75) is 44.4 Å². The Kier molecular flexibility index (Phi) is 3.63. The van der Waals surface area contributed by atoms with E-state index < -0.39 is 0 Å². The molecule has 0 bridgehead atoms. The summed E-state index contributed by atoms with van der Waals surface area (Å²) in [6, 6.07) is 6.53. The number of nitrogens with zero attached hydrogens (tertiary/aromatic N) is 4. The maximum absolute atomic E-state index is 5.93. The molecule has 0 spiro atoms. The third kappa shape index (κ3) is 2.64. The van der Waals surface area contributed by atoms with Gasteiger partial charge in [0.05, 0.1) is 17.7 Å². The molecule has 6 heteroatoms. The summed E-state index contributed by atoms with van der Waals surface area (Å²) in [5, 5.41) is 3.93. The van der Waals surface area contributed by atoms with Crippen LogP contribution in [0.25, 0.3) is 0 Å². The van der Waals surface area contributed by atoms with Gasteiger partial charge in [0, 0.05) is 31.9 Å². The summed E-state index contributed by atoms with van der Waals surface area (Å²) >= 11 is 0. The van der Waals surface area contributed by atoms with Gasteiger partial charge in [0.1, 0.15) is 0 Å². The van der Waals surface area contributed by atoms with E-state index in [1.807, 2.05) is 25.3 Å². The Morgan fingerprint density at radius 1 is 1.36 bits per heavy atom. The van der Waals surface area contributed by atoms with E-state index in [1.165, 1.54) is 0 Å². The largest absolute Gasteiger partial charge is 0.377 e. The van der Waals surface area contributed by atoms with Crippen LogP contribution in [0.1, 0.15) is 36.2 Å². The van der Waals surface area contributed by atoms with Crippen LogP contribution in [-0.4, -0.2) is 45.3 Å². The van der Waals surface area contributed by atoms with E-state index in [0.29, 0.717) is 11.9 Å². The van der Waals surface area contributed by atoms with Crippen LogP contribution in [0.15, 0.2) is 28.9 Å². The van der Waals surface area contributed by atoms with E-state index in [9.17, 15) is 0 Å². The molecule has 4 rings (SSSR count). The van der Waals surface area contributed by atoms with Crippen LogP contribution in [-0.2, 0) is 11.3 Å². The molecule has 0 saturated carbocycles. The van der Waals surface area contributed by atoms with Gasteiger partial charge in [-0.3, -0.25) is 9.88 Å². The van der Waals surface area contributed by atoms with Crippen LogP contribution in [0.5, 0.6) is 0 Å². The fraction of sp³-hybridized carbons (Fsp3) is 0.562. The second-order valence-electron chi connectivity index (χ2n) is 6.13. The number of hydrogen-bond donors (Lipinski definition) is 0. The quantitative estimate of drug-likeness (QED) is 0.863. The lowest BCUT2D eigenvalue weighted by atomic mass is 9.89. The van der Waals surface area contributed by atoms with Gasteiger partial charge in [0.15, 0.2) is 5.82 Å². The van der Waals surface area contributed by atoms with E-state index in [-0.39, 0.29) is 12.0 Å². The summed E-state index contributed by atoms with van der Waals surface area (Å²) in [6.07, 6.45) is 4.16. The van der Waals surface area contributed by atoms with E-state index in [4.69, 9.17) is 9.26 Å². The Labute approximate surface area is 129 Å². The Morgan fingerprint density at radius 3 is 3.09 bits per heavy atom. The predicted octanol–water partition coefficient (Wildman–Crippen LogP) is 1.92. The van der Waals surface area contributed by atoms with Crippen LogP contribution >= 0.6 is 0 Å². The fourth-order valence-corrected chi connectivity index (χ4v) is 3.59. The van der Waals surface area contributed by atoms with E-state index in [2.05, 4.69) is 26.1 Å². The monoisotopic (exact) mass is 300 g/mol. The lowest BCUT2D eigenvalue weighted by molar-refractivity contribution is 0.00800. The molecule has 0 aromatic carbocycles. The van der Waals surface area contributed by atoms with Crippen molar-refractivity contribution in [2.75, 3.05) is 13.2 Å². The molecule has 0 aliphatic carbocycles. The van der Waals surface area contributed by atoms with Crippen molar-refractivity contribution in [3.63, 3.8) is 0 Å². The van der Waals surface area contributed by atoms with Gasteiger partial charge in [-0.15, -0.1) is 0 Å². The van der Waals surface area contributed by atoms with Gasteiger partial charge < -0.3 is 9.26 Å². The molecule has 0 amide bonds. The molecule has 2 aliphatic heterocycles. The highest BCUT2D eigenvalue weighted by atomic mass is 16.5.